The maximum Gasteiger partial charge on any atom is 0.109 e. The summed E-state index contributed by atoms with van der Waals surface area (Å²) in [5.74, 6) is 0.729. The fourth-order valence-electron chi connectivity index (χ4n) is 2.76. The average molecular weight is 267 g/mol. The van der Waals surface area contributed by atoms with Crippen LogP contribution in [0.2, 0.25) is 0 Å². The van der Waals surface area contributed by atoms with Crippen molar-refractivity contribution >= 4 is 11.3 Å². The number of piperidine rings is 1. The van der Waals surface area contributed by atoms with Crippen LogP contribution in [0.4, 0.5) is 0 Å². The van der Waals surface area contributed by atoms with Crippen molar-refractivity contribution in [1.29, 1.82) is 0 Å². The topological polar surface area (TPSA) is 28.2 Å². The normalized spacial score (nSPS) is 27.3. The van der Waals surface area contributed by atoms with Crippen LogP contribution < -0.4 is 5.32 Å². The largest absolute Gasteiger partial charge is 0.314 e. The van der Waals surface area contributed by atoms with Crippen LogP contribution in [0.15, 0.2) is 11.6 Å². The summed E-state index contributed by atoms with van der Waals surface area (Å²) in [4.78, 5) is 7.02. The molecule has 0 amide bonds. The summed E-state index contributed by atoms with van der Waals surface area (Å²) in [5.41, 5.74) is 0. The molecule has 1 fully saturated rings. The second-order valence-electron chi connectivity index (χ2n) is 5.37. The van der Waals surface area contributed by atoms with E-state index in [0.717, 1.165) is 12.5 Å². The van der Waals surface area contributed by atoms with Gasteiger partial charge in [0.2, 0.25) is 0 Å². The molecule has 0 bridgehead atoms. The zero-order chi connectivity index (χ0) is 13.0. The first-order valence-electron chi connectivity index (χ1n) is 7.09. The number of nitrogens with one attached hydrogen (secondary N) is 1. The number of thiazole rings is 1. The molecule has 0 aromatic carbocycles. The summed E-state index contributed by atoms with van der Waals surface area (Å²) in [6.07, 6.45) is 4.40. The summed E-state index contributed by atoms with van der Waals surface area (Å²) in [5, 5.41) is 7.00. The smallest absolute Gasteiger partial charge is 0.109 e. The van der Waals surface area contributed by atoms with E-state index in [1.165, 1.54) is 30.9 Å². The third kappa shape index (κ3) is 3.31. The first kappa shape index (κ1) is 14.0. The van der Waals surface area contributed by atoms with Crippen LogP contribution in [0, 0.1) is 5.92 Å². The third-order valence-corrected chi connectivity index (χ3v) is 4.90. The molecule has 0 radical (unpaired) electrons. The summed E-state index contributed by atoms with van der Waals surface area (Å²) >= 11 is 1.77. The molecule has 2 rings (SSSR count). The van der Waals surface area contributed by atoms with Crippen LogP contribution in [-0.2, 0) is 0 Å². The Hall–Kier alpha value is -0.450. The van der Waals surface area contributed by atoms with E-state index in [2.05, 4.69) is 41.4 Å². The Morgan fingerprint density at radius 1 is 1.61 bits per heavy atom. The number of nitrogens with zero attached hydrogens (tertiary/aromatic N) is 2. The van der Waals surface area contributed by atoms with E-state index in [4.69, 9.17) is 0 Å². The minimum atomic E-state index is 0.472. The Morgan fingerprint density at radius 2 is 2.44 bits per heavy atom. The number of rotatable bonds is 5. The van der Waals surface area contributed by atoms with Gasteiger partial charge in [-0.3, -0.25) is 4.90 Å². The van der Waals surface area contributed by atoms with E-state index in [9.17, 15) is 0 Å². The molecule has 1 aliphatic rings. The molecule has 1 saturated heterocycles. The second kappa shape index (κ2) is 6.64. The molecule has 1 N–H and O–H groups in total. The van der Waals surface area contributed by atoms with Crippen molar-refractivity contribution in [1.82, 2.24) is 15.2 Å². The van der Waals surface area contributed by atoms with E-state index in [1.807, 2.05) is 6.20 Å². The Bertz CT molecular complexity index is 339. The van der Waals surface area contributed by atoms with Crippen molar-refractivity contribution < 1.29 is 0 Å². The monoisotopic (exact) mass is 267 g/mol. The highest BCUT2D eigenvalue weighted by atomic mass is 32.1. The average Bonchev–Trinajstić information content (AvgIpc) is 2.90. The van der Waals surface area contributed by atoms with E-state index in [1.54, 1.807) is 11.3 Å². The molecular weight excluding hydrogens is 242 g/mol. The molecule has 0 saturated carbocycles. The van der Waals surface area contributed by atoms with Gasteiger partial charge in [0.1, 0.15) is 5.01 Å². The van der Waals surface area contributed by atoms with Gasteiger partial charge in [-0.05, 0) is 32.2 Å². The van der Waals surface area contributed by atoms with E-state index in [-0.39, 0.29) is 0 Å². The van der Waals surface area contributed by atoms with Gasteiger partial charge in [0.05, 0.1) is 6.04 Å². The fraction of sp³-hybridized carbons (Fsp3) is 0.786. The van der Waals surface area contributed by atoms with Crippen LogP contribution in [0.1, 0.15) is 44.7 Å². The molecule has 0 spiro atoms. The highest BCUT2D eigenvalue weighted by Gasteiger charge is 2.29. The molecule has 3 atom stereocenters. The van der Waals surface area contributed by atoms with E-state index in [0.29, 0.717) is 12.1 Å². The van der Waals surface area contributed by atoms with Crippen LogP contribution in [0.3, 0.4) is 0 Å². The number of aromatic nitrogens is 1. The molecule has 1 aliphatic heterocycles. The van der Waals surface area contributed by atoms with Gasteiger partial charge in [0, 0.05) is 30.7 Å². The van der Waals surface area contributed by atoms with Crippen molar-refractivity contribution in [3.05, 3.63) is 16.6 Å². The van der Waals surface area contributed by atoms with Gasteiger partial charge in [-0.2, -0.15) is 0 Å². The van der Waals surface area contributed by atoms with E-state index < -0.39 is 0 Å². The van der Waals surface area contributed by atoms with Gasteiger partial charge in [-0.15, -0.1) is 11.3 Å². The Balaban J connectivity index is 1.87. The first-order chi connectivity index (χ1) is 8.72. The van der Waals surface area contributed by atoms with Gasteiger partial charge >= 0.3 is 0 Å². The van der Waals surface area contributed by atoms with Gasteiger partial charge in [0.25, 0.3) is 0 Å². The second-order valence-corrected chi connectivity index (χ2v) is 6.29. The van der Waals surface area contributed by atoms with Crippen LogP contribution in [0.25, 0.3) is 0 Å². The molecule has 102 valence electrons. The van der Waals surface area contributed by atoms with Crippen LogP contribution in [-0.4, -0.2) is 35.6 Å². The molecular formula is C14H25N3S. The summed E-state index contributed by atoms with van der Waals surface area (Å²) in [7, 11) is 0. The lowest BCUT2D eigenvalue weighted by molar-refractivity contribution is 0.111. The Morgan fingerprint density at radius 3 is 3.06 bits per heavy atom. The molecule has 18 heavy (non-hydrogen) atoms. The molecule has 4 heteroatoms. The molecule has 3 nitrogen and oxygen atoms in total. The number of hydrogen-bond donors (Lipinski definition) is 1. The predicted octanol–water partition coefficient (Wildman–Crippen LogP) is 2.91. The summed E-state index contributed by atoms with van der Waals surface area (Å²) < 4.78 is 0. The number of likely N-dealkylation sites (tertiary alicyclic amines) is 1. The fourth-order valence-corrected chi connectivity index (χ4v) is 3.49. The minimum absolute atomic E-state index is 0.472. The van der Waals surface area contributed by atoms with E-state index >= 15 is 0 Å². The Labute approximate surface area is 115 Å². The predicted molar refractivity (Wildman–Crippen MR) is 78.0 cm³/mol. The van der Waals surface area contributed by atoms with Gasteiger partial charge in [0.15, 0.2) is 0 Å². The quantitative estimate of drug-likeness (QED) is 0.889. The SMILES string of the molecule is CCCNC1CCN(C(C)c2nccs2)CC1C. The van der Waals surface area contributed by atoms with Gasteiger partial charge in [-0.25, -0.2) is 4.98 Å². The number of hydrogen-bond acceptors (Lipinski definition) is 4. The van der Waals surface area contributed by atoms with Crippen molar-refractivity contribution in [2.75, 3.05) is 19.6 Å². The van der Waals surface area contributed by atoms with Crippen LogP contribution in [0.5, 0.6) is 0 Å². The maximum absolute atomic E-state index is 4.45. The van der Waals surface area contributed by atoms with Gasteiger partial charge in [-0.1, -0.05) is 13.8 Å². The standard InChI is InChI=1S/C14H25N3S/c1-4-6-15-13-5-8-17(10-11(13)2)12(3)14-16-7-9-18-14/h7,9,11-13,15H,4-6,8,10H2,1-3H3. The van der Waals surface area contributed by atoms with Crippen LogP contribution >= 0.6 is 11.3 Å². The third-order valence-electron chi connectivity index (χ3n) is 3.95. The highest BCUT2D eigenvalue weighted by molar-refractivity contribution is 7.09. The van der Waals surface area contributed by atoms with Crippen molar-refractivity contribution in [2.45, 2.75) is 45.7 Å². The molecule has 2 heterocycles. The molecule has 1 aromatic rings. The zero-order valence-electron chi connectivity index (χ0n) is 11.7. The van der Waals surface area contributed by atoms with Gasteiger partial charge < -0.3 is 5.32 Å². The Kier molecular flexibility index (Phi) is 5.15. The van der Waals surface area contributed by atoms with Crippen molar-refractivity contribution in [3.63, 3.8) is 0 Å². The lowest BCUT2D eigenvalue weighted by atomic mass is 9.93. The summed E-state index contributed by atoms with van der Waals surface area (Å²) in [6.45, 7) is 10.4. The summed E-state index contributed by atoms with van der Waals surface area (Å²) in [6, 6.07) is 1.17. The molecule has 3 unspecified atom stereocenters. The lowest BCUT2D eigenvalue weighted by Crippen LogP contribution is -2.49. The first-order valence-corrected chi connectivity index (χ1v) is 7.97. The van der Waals surface area contributed by atoms with Crippen molar-refractivity contribution in [3.8, 4) is 0 Å². The lowest BCUT2D eigenvalue weighted by Gasteiger charge is -2.39. The highest BCUT2D eigenvalue weighted by Crippen LogP contribution is 2.27. The zero-order valence-corrected chi connectivity index (χ0v) is 12.5. The maximum atomic E-state index is 4.45. The minimum Gasteiger partial charge on any atom is -0.314 e. The molecule has 1 aromatic heterocycles. The van der Waals surface area contributed by atoms with Crippen molar-refractivity contribution in [2.24, 2.45) is 5.92 Å². The molecule has 0 aliphatic carbocycles.